The van der Waals surface area contributed by atoms with E-state index >= 15 is 0 Å². The van der Waals surface area contributed by atoms with Crippen molar-refractivity contribution in [2.24, 2.45) is 0 Å². The third kappa shape index (κ3) is 3.82. The predicted octanol–water partition coefficient (Wildman–Crippen LogP) is 3.47. The zero-order chi connectivity index (χ0) is 17.4. The van der Waals surface area contributed by atoms with Gasteiger partial charge in [-0.05, 0) is 32.9 Å². The number of amides is 1. The van der Waals surface area contributed by atoms with Crippen molar-refractivity contribution in [2.45, 2.75) is 32.5 Å². The lowest BCUT2D eigenvalue weighted by Gasteiger charge is -2.21. The molecule has 0 saturated carbocycles. The van der Waals surface area contributed by atoms with Gasteiger partial charge >= 0.3 is 6.18 Å². The minimum atomic E-state index is -4.80. The molecule has 124 valence electrons. The van der Waals surface area contributed by atoms with Crippen molar-refractivity contribution in [3.8, 4) is 5.82 Å². The summed E-state index contributed by atoms with van der Waals surface area (Å²) in [5.74, 6) is -1.07. The van der Waals surface area contributed by atoms with Crippen LogP contribution in [0, 0.1) is 0 Å². The van der Waals surface area contributed by atoms with Crippen molar-refractivity contribution >= 4 is 17.5 Å². The molecule has 2 aromatic heterocycles. The Bertz CT molecular complexity index is 734. The molecule has 0 radical (unpaired) electrons. The number of carbonyl (C=O) groups excluding carboxylic acids is 1. The van der Waals surface area contributed by atoms with E-state index in [9.17, 15) is 18.0 Å². The maximum Gasteiger partial charge on any atom is 0.434 e. The Morgan fingerprint density at radius 2 is 1.96 bits per heavy atom. The first-order valence-electron chi connectivity index (χ1n) is 6.59. The number of rotatable bonds is 2. The van der Waals surface area contributed by atoms with E-state index in [0.29, 0.717) is 4.68 Å². The molecular weight excluding hydrogens is 333 g/mol. The summed E-state index contributed by atoms with van der Waals surface area (Å²) in [4.78, 5) is 15.9. The molecule has 2 rings (SSSR count). The molecular formula is C14H14ClF3N4O. The smallest absolute Gasteiger partial charge is 0.347 e. The van der Waals surface area contributed by atoms with E-state index in [4.69, 9.17) is 11.6 Å². The summed E-state index contributed by atoms with van der Waals surface area (Å²) in [6.07, 6.45) is -2.66. The number of alkyl halides is 3. The molecule has 0 aliphatic rings. The van der Waals surface area contributed by atoms with Crippen LogP contribution in [0.4, 0.5) is 13.2 Å². The first kappa shape index (κ1) is 17.3. The molecule has 0 aliphatic heterocycles. The summed E-state index contributed by atoms with van der Waals surface area (Å²) in [7, 11) is 0. The van der Waals surface area contributed by atoms with Gasteiger partial charge < -0.3 is 5.32 Å². The average Bonchev–Trinajstić information content (AvgIpc) is 2.81. The molecule has 0 saturated heterocycles. The van der Waals surface area contributed by atoms with Crippen LogP contribution in [0.3, 0.4) is 0 Å². The molecule has 0 spiro atoms. The standard InChI is InChI=1S/C14H14ClF3N4O/c1-13(2,3)21-12(23)8-7-20-22(10(8)14(16,17)18)11-9(15)5-4-6-19-11/h4-7H,1-3H3,(H,21,23). The highest BCUT2D eigenvalue weighted by Crippen LogP contribution is 2.34. The molecule has 2 aromatic rings. The van der Waals surface area contributed by atoms with E-state index in [0.717, 1.165) is 6.20 Å². The predicted molar refractivity (Wildman–Crippen MR) is 78.6 cm³/mol. The number of halogens is 4. The number of nitrogens with one attached hydrogen (secondary N) is 1. The van der Waals surface area contributed by atoms with Gasteiger partial charge in [-0.15, -0.1) is 0 Å². The van der Waals surface area contributed by atoms with Gasteiger partial charge in [0.2, 0.25) is 0 Å². The van der Waals surface area contributed by atoms with Crippen molar-refractivity contribution in [3.63, 3.8) is 0 Å². The fourth-order valence-electron chi connectivity index (χ4n) is 1.89. The van der Waals surface area contributed by atoms with Gasteiger partial charge in [-0.3, -0.25) is 4.79 Å². The minimum Gasteiger partial charge on any atom is -0.347 e. The van der Waals surface area contributed by atoms with Crippen LogP contribution in [0.5, 0.6) is 0 Å². The van der Waals surface area contributed by atoms with Gasteiger partial charge in [0.15, 0.2) is 11.5 Å². The molecule has 9 heteroatoms. The molecule has 1 N–H and O–H groups in total. The van der Waals surface area contributed by atoms with Crippen molar-refractivity contribution in [2.75, 3.05) is 0 Å². The van der Waals surface area contributed by atoms with Gasteiger partial charge in [-0.2, -0.15) is 18.3 Å². The number of hydrogen-bond acceptors (Lipinski definition) is 3. The van der Waals surface area contributed by atoms with Crippen LogP contribution < -0.4 is 5.32 Å². The molecule has 0 atom stereocenters. The Labute approximate surface area is 135 Å². The van der Waals surface area contributed by atoms with E-state index in [1.807, 2.05) is 0 Å². The number of carbonyl (C=O) groups is 1. The van der Waals surface area contributed by atoms with Gasteiger partial charge in [0.25, 0.3) is 5.91 Å². The molecule has 0 aliphatic carbocycles. The van der Waals surface area contributed by atoms with E-state index in [-0.39, 0.29) is 10.8 Å². The highest BCUT2D eigenvalue weighted by atomic mass is 35.5. The molecule has 5 nitrogen and oxygen atoms in total. The van der Waals surface area contributed by atoms with E-state index < -0.39 is 28.9 Å². The van der Waals surface area contributed by atoms with Crippen molar-refractivity contribution in [1.29, 1.82) is 0 Å². The summed E-state index contributed by atoms with van der Waals surface area (Å²) in [5, 5.41) is 6.13. The number of nitrogens with zero attached hydrogens (tertiary/aromatic N) is 3. The second-order valence-electron chi connectivity index (χ2n) is 5.83. The lowest BCUT2D eigenvalue weighted by atomic mass is 10.1. The lowest BCUT2D eigenvalue weighted by molar-refractivity contribution is -0.143. The van der Waals surface area contributed by atoms with Gasteiger partial charge in [0.05, 0.1) is 16.8 Å². The van der Waals surface area contributed by atoms with E-state index in [1.54, 1.807) is 20.8 Å². The fourth-order valence-corrected chi connectivity index (χ4v) is 2.09. The van der Waals surface area contributed by atoms with Gasteiger partial charge in [0, 0.05) is 11.7 Å². The number of hydrogen-bond donors (Lipinski definition) is 1. The molecule has 2 heterocycles. The average molecular weight is 347 g/mol. The normalized spacial score (nSPS) is 12.3. The first-order chi connectivity index (χ1) is 10.5. The SMILES string of the molecule is CC(C)(C)NC(=O)c1cnn(-c2ncccc2Cl)c1C(F)(F)F. The highest BCUT2D eigenvalue weighted by Gasteiger charge is 2.41. The highest BCUT2D eigenvalue weighted by molar-refractivity contribution is 6.32. The van der Waals surface area contributed by atoms with Crippen molar-refractivity contribution in [1.82, 2.24) is 20.1 Å². The van der Waals surface area contributed by atoms with Crippen LogP contribution in [0.1, 0.15) is 36.8 Å². The van der Waals surface area contributed by atoms with Gasteiger partial charge in [-0.25, -0.2) is 9.67 Å². The minimum absolute atomic E-state index is 0.0103. The monoisotopic (exact) mass is 346 g/mol. The van der Waals surface area contributed by atoms with Crippen LogP contribution in [0.15, 0.2) is 24.5 Å². The zero-order valence-electron chi connectivity index (χ0n) is 12.6. The first-order valence-corrected chi connectivity index (χ1v) is 6.97. The maximum absolute atomic E-state index is 13.4. The zero-order valence-corrected chi connectivity index (χ0v) is 13.3. The van der Waals surface area contributed by atoms with Gasteiger partial charge in [0.1, 0.15) is 0 Å². The van der Waals surface area contributed by atoms with E-state index in [2.05, 4.69) is 15.4 Å². The Kier molecular flexibility index (Phi) is 4.39. The summed E-state index contributed by atoms with van der Waals surface area (Å²) in [5.41, 5.74) is -2.50. The van der Waals surface area contributed by atoms with Crippen LogP contribution in [0.2, 0.25) is 5.02 Å². The summed E-state index contributed by atoms with van der Waals surface area (Å²) < 4.78 is 40.9. The summed E-state index contributed by atoms with van der Waals surface area (Å²) in [6.45, 7) is 4.99. The quantitative estimate of drug-likeness (QED) is 0.905. The molecule has 0 fully saturated rings. The second-order valence-corrected chi connectivity index (χ2v) is 6.24. The van der Waals surface area contributed by atoms with Crippen LogP contribution in [-0.2, 0) is 6.18 Å². The Morgan fingerprint density at radius 3 is 2.48 bits per heavy atom. The second kappa shape index (κ2) is 5.84. The molecule has 1 amide bonds. The third-order valence-electron chi connectivity index (χ3n) is 2.71. The largest absolute Gasteiger partial charge is 0.434 e. The number of aromatic nitrogens is 3. The van der Waals surface area contributed by atoms with Crippen LogP contribution >= 0.6 is 11.6 Å². The molecule has 23 heavy (non-hydrogen) atoms. The molecule has 0 aromatic carbocycles. The Morgan fingerprint density at radius 1 is 1.30 bits per heavy atom. The Hall–Kier alpha value is -2.09. The Balaban J connectivity index is 2.60. The van der Waals surface area contributed by atoms with Crippen molar-refractivity contribution < 1.29 is 18.0 Å². The lowest BCUT2D eigenvalue weighted by Crippen LogP contribution is -2.41. The third-order valence-corrected chi connectivity index (χ3v) is 3.01. The fraction of sp³-hybridized carbons (Fsp3) is 0.357. The van der Waals surface area contributed by atoms with Crippen molar-refractivity contribution in [3.05, 3.63) is 40.8 Å². The summed E-state index contributed by atoms with van der Waals surface area (Å²) in [6, 6.07) is 2.87. The molecule has 0 bridgehead atoms. The summed E-state index contributed by atoms with van der Waals surface area (Å²) >= 11 is 5.88. The van der Waals surface area contributed by atoms with Gasteiger partial charge in [-0.1, -0.05) is 11.6 Å². The number of pyridine rings is 1. The van der Waals surface area contributed by atoms with Crippen LogP contribution in [-0.4, -0.2) is 26.2 Å². The maximum atomic E-state index is 13.4. The topological polar surface area (TPSA) is 59.8 Å². The molecule has 0 unspecified atom stereocenters. The van der Waals surface area contributed by atoms with Crippen LogP contribution in [0.25, 0.3) is 5.82 Å². The van der Waals surface area contributed by atoms with E-state index in [1.165, 1.54) is 18.3 Å².